The number of carbonyl (C=O) groups excluding carboxylic acids is 1. The molecule has 0 N–H and O–H groups in total. The van der Waals surface area contributed by atoms with Crippen LogP contribution in [-0.4, -0.2) is 34.1 Å². The van der Waals surface area contributed by atoms with Crippen molar-refractivity contribution in [1.29, 1.82) is 0 Å². The van der Waals surface area contributed by atoms with E-state index in [0.717, 1.165) is 16.7 Å². The molecule has 1 heterocycles. The second-order valence-electron chi connectivity index (χ2n) is 6.74. The summed E-state index contributed by atoms with van der Waals surface area (Å²) < 4.78 is 11.1. The van der Waals surface area contributed by atoms with Crippen LogP contribution in [0.1, 0.15) is 23.9 Å². The van der Waals surface area contributed by atoms with Crippen molar-refractivity contribution in [2.24, 2.45) is 0 Å². The molecule has 0 saturated carbocycles. The number of benzene rings is 2. The van der Waals surface area contributed by atoms with Crippen molar-refractivity contribution in [3.8, 4) is 17.1 Å². The zero-order valence-corrected chi connectivity index (χ0v) is 17.0. The third-order valence-electron chi connectivity index (χ3n) is 4.31. The van der Waals surface area contributed by atoms with Crippen LogP contribution >= 0.6 is 11.6 Å². The number of ether oxygens (including phenoxy) is 1. The number of hydrogen-bond donors (Lipinski definition) is 0. The molecular formula is C21H22ClN3O3. The van der Waals surface area contributed by atoms with Gasteiger partial charge >= 0.3 is 0 Å². The van der Waals surface area contributed by atoms with Crippen molar-refractivity contribution in [1.82, 2.24) is 15.0 Å². The average Bonchev–Trinajstić information content (AvgIpc) is 3.13. The number of halogens is 1. The highest BCUT2D eigenvalue weighted by Crippen LogP contribution is 2.22. The van der Waals surface area contributed by atoms with Gasteiger partial charge in [-0.05, 0) is 62.2 Å². The number of hydrogen-bond acceptors (Lipinski definition) is 5. The van der Waals surface area contributed by atoms with Crippen molar-refractivity contribution in [2.75, 3.05) is 7.05 Å². The fraction of sp³-hybridized carbons (Fsp3) is 0.286. The Bertz CT molecular complexity index is 969. The molecule has 1 amide bonds. The van der Waals surface area contributed by atoms with Gasteiger partial charge in [0.2, 0.25) is 11.7 Å². The second-order valence-corrected chi connectivity index (χ2v) is 7.18. The van der Waals surface area contributed by atoms with Gasteiger partial charge in [-0.25, -0.2) is 0 Å². The van der Waals surface area contributed by atoms with E-state index < -0.39 is 6.10 Å². The van der Waals surface area contributed by atoms with Crippen LogP contribution in [0, 0.1) is 13.8 Å². The lowest BCUT2D eigenvalue weighted by atomic mass is 10.1. The van der Waals surface area contributed by atoms with E-state index in [2.05, 4.69) is 10.1 Å². The summed E-state index contributed by atoms with van der Waals surface area (Å²) in [5, 5.41) is 4.60. The van der Waals surface area contributed by atoms with Crippen LogP contribution in [0.2, 0.25) is 5.02 Å². The van der Waals surface area contributed by atoms with E-state index >= 15 is 0 Å². The quantitative estimate of drug-likeness (QED) is 0.613. The van der Waals surface area contributed by atoms with Gasteiger partial charge in [0.25, 0.3) is 5.91 Å². The molecule has 0 fully saturated rings. The van der Waals surface area contributed by atoms with Crippen LogP contribution in [-0.2, 0) is 11.3 Å². The third kappa shape index (κ3) is 4.70. The molecule has 1 atom stereocenters. The Kier molecular flexibility index (Phi) is 5.99. The van der Waals surface area contributed by atoms with Crippen LogP contribution in [0.25, 0.3) is 11.4 Å². The van der Waals surface area contributed by atoms with E-state index in [1.165, 1.54) is 4.90 Å². The molecule has 0 radical (unpaired) electrons. The number of carbonyl (C=O) groups is 1. The van der Waals surface area contributed by atoms with Crippen molar-refractivity contribution in [3.63, 3.8) is 0 Å². The molecule has 0 bridgehead atoms. The lowest BCUT2D eigenvalue weighted by Gasteiger charge is -2.21. The summed E-state index contributed by atoms with van der Waals surface area (Å²) in [5.41, 5.74) is 2.85. The van der Waals surface area contributed by atoms with Crippen molar-refractivity contribution >= 4 is 17.5 Å². The molecule has 146 valence electrons. The topological polar surface area (TPSA) is 68.5 Å². The summed E-state index contributed by atoms with van der Waals surface area (Å²) in [6, 6.07) is 13.0. The maximum atomic E-state index is 12.7. The lowest BCUT2D eigenvalue weighted by Crippen LogP contribution is -2.37. The summed E-state index contributed by atoms with van der Waals surface area (Å²) in [6.07, 6.45) is -0.635. The number of nitrogens with zero attached hydrogens (tertiary/aromatic N) is 3. The highest BCUT2D eigenvalue weighted by Gasteiger charge is 2.22. The molecule has 3 aromatic rings. The molecule has 0 aliphatic rings. The largest absolute Gasteiger partial charge is 0.481 e. The van der Waals surface area contributed by atoms with Crippen LogP contribution in [0.15, 0.2) is 47.0 Å². The summed E-state index contributed by atoms with van der Waals surface area (Å²) in [5.74, 6) is 1.33. The number of amides is 1. The Morgan fingerprint density at radius 3 is 2.64 bits per heavy atom. The first-order valence-electron chi connectivity index (χ1n) is 8.91. The molecule has 2 aromatic carbocycles. The van der Waals surface area contributed by atoms with Crippen LogP contribution < -0.4 is 4.74 Å². The Morgan fingerprint density at radius 1 is 1.21 bits per heavy atom. The SMILES string of the molecule is Cc1ccc(C)c(O[C@@H](C)C(=O)N(C)Cc2nc(-c3ccc(Cl)cc3)no2)c1. The Labute approximate surface area is 169 Å². The molecule has 0 unspecified atom stereocenters. The molecule has 3 rings (SSSR count). The first-order chi connectivity index (χ1) is 13.3. The standard InChI is InChI=1S/C21H22ClN3O3/c1-13-5-6-14(2)18(11-13)27-15(3)21(26)25(4)12-19-23-20(24-28-19)16-7-9-17(22)10-8-16/h5-11,15H,12H2,1-4H3/t15-/m0/s1. The van der Waals surface area contributed by atoms with Gasteiger partial charge in [0.1, 0.15) is 5.75 Å². The smallest absolute Gasteiger partial charge is 0.263 e. The average molecular weight is 400 g/mol. The van der Waals surface area contributed by atoms with Gasteiger partial charge in [-0.1, -0.05) is 28.9 Å². The van der Waals surface area contributed by atoms with Gasteiger partial charge in [0.05, 0.1) is 6.54 Å². The third-order valence-corrected chi connectivity index (χ3v) is 4.57. The monoisotopic (exact) mass is 399 g/mol. The van der Waals surface area contributed by atoms with E-state index in [1.54, 1.807) is 26.1 Å². The first-order valence-corrected chi connectivity index (χ1v) is 9.28. The fourth-order valence-electron chi connectivity index (χ4n) is 2.70. The maximum absolute atomic E-state index is 12.7. The molecule has 28 heavy (non-hydrogen) atoms. The minimum atomic E-state index is -0.635. The molecule has 7 heteroatoms. The first kappa shape index (κ1) is 19.9. The van der Waals surface area contributed by atoms with Crippen LogP contribution in [0.5, 0.6) is 5.75 Å². The Balaban J connectivity index is 1.64. The van der Waals surface area contributed by atoms with Crippen molar-refractivity contribution in [3.05, 3.63) is 64.5 Å². The fourth-order valence-corrected chi connectivity index (χ4v) is 2.83. The molecular weight excluding hydrogens is 378 g/mol. The molecule has 0 spiro atoms. The molecule has 6 nitrogen and oxygen atoms in total. The lowest BCUT2D eigenvalue weighted by molar-refractivity contribution is -0.137. The molecule has 0 aliphatic heterocycles. The highest BCUT2D eigenvalue weighted by molar-refractivity contribution is 6.30. The predicted octanol–water partition coefficient (Wildman–Crippen LogP) is 4.43. The second kappa shape index (κ2) is 8.44. The summed E-state index contributed by atoms with van der Waals surface area (Å²) in [4.78, 5) is 18.5. The van der Waals surface area contributed by atoms with Crippen molar-refractivity contribution in [2.45, 2.75) is 33.4 Å². The number of aryl methyl sites for hydroxylation is 2. The summed E-state index contributed by atoms with van der Waals surface area (Å²) in [7, 11) is 1.68. The van der Waals surface area contributed by atoms with Crippen LogP contribution in [0.3, 0.4) is 0 Å². The molecule has 0 aliphatic carbocycles. The van der Waals surface area contributed by atoms with E-state index in [4.69, 9.17) is 20.9 Å². The minimum absolute atomic E-state index is 0.174. The van der Waals surface area contributed by atoms with Gasteiger partial charge < -0.3 is 14.2 Å². The number of rotatable bonds is 6. The summed E-state index contributed by atoms with van der Waals surface area (Å²) >= 11 is 5.89. The zero-order chi connectivity index (χ0) is 20.3. The predicted molar refractivity (Wildman–Crippen MR) is 107 cm³/mol. The van der Waals surface area contributed by atoms with E-state index in [0.29, 0.717) is 22.5 Å². The zero-order valence-electron chi connectivity index (χ0n) is 16.3. The molecule has 1 aromatic heterocycles. The van der Waals surface area contributed by atoms with Gasteiger partial charge in [-0.15, -0.1) is 0 Å². The number of aromatic nitrogens is 2. The van der Waals surface area contributed by atoms with E-state index in [-0.39, 0.29) is 12.5 Å². The van der Waals surface area contributed by atoms with Gasteiger partial charge in [0, 0.05) is 17.6 Å². The van der Waals surface area contributed by atoms with E-state index in [1.807, 2.05) is 44.2 Å². The highest BCUT2D eigenvalue weighted by atomic mass is 35.5. The van der Waals surface area contributed by atoms with Crippen molar-refractivity contribution < 1.29 is 14.1 Å². The van der Waals surface area contributed by atoms with Crippen LogP contribution in [0.4, 0.5) is 0 Å². The Hall–Kier alpha value is -2.86. The number of likely N-dealkylation sites (N-methyl/N-ethyl adjacent to an activating group) is 1. The minimum Gasteiger partial charge on any atom is -0.481 e. The normalized spacial score (nSPS) is 11.9. The maximum Gasteiger partial charge on any atom is 0.263 e. The summed E-state index contributed by atoms with van der Waals surface area (Å²) in [6.45, 7) is 5.86. The van der Waals surface area contributed by atoms with Gasteiger partial charge in [0.15, 0.2) is 6.10 Å². The molecule has 0 saturated heterocycles. The van der Waals surface area contributed by atoms with Gasteiger partial charge in [-0.2, -0.15) is 4.98 Å². The van der Waals surface area contributed by atoms with Gasteiger partial charge in [-0.3, -0.25) is 4.79 Å². The Morgan fingerprint density at radius 2 is 1.93 bits per heavy atom. The van der Waals surface area contributed by atoms with E-state index in [9.17, 15) is 4.79 Å².